The summed E-state index contributed by atoms with van der Waals surface area (Å²) < 4.78 is 39.3. The van der Waals surface area contributed by atoms with Gasteiger partial charge in [0.25, 0.3) is 0 Å². The van der Waals surface area contributed by atoms with Gasteiger partial charge in [0.15, 0.2) is 0 Å². The first-order valence-corrected chi connectivity index (χ1v) is 14.4. The molecule has 1 aromatic heterocycles. The van der Waals surface area contributed by atoms with Crippen molar-refractivity contribution in [2.45, 2.75) is 72.5 Å². The molecule has 3 aromatic rings. The van der Waals surface area contributed by atoms with Crippen molar-refractivity contribution in [1.82, 2.24) is 9.97 Å². The zero-order chi connectivity index (χ0) is 28.1. The van der Waals surface area contributed by atoms with Crippen molar-refractivity contribution in [3.8, 4) is 0 Å². The van der Waals surface area contributed by atoms with E-state index in [0.717, 1.165) is 28.0 Å². The Bertz CT molecular complexity index is 1140. The number of nitrogens with zero attached hydrogens (tertiary/aromatic N) is 2. The normalized spacial score (nSPS) is 12.9. The van der Waals surface area contributed by atoms with Crippen LogP contribution in [0, 0.1) is 5.92 Å². The van der Waals surface area contributed by atoms with Crippen molar-refractivity contribution >= 4 is 28.2 Å². The Morgan fingerprint density at radius 3 is 2.18 bits per heavy atom. The number of alkyl halides is 3. The molecule has 1 atom stereocenters. The highest BCUT2D eigenvalue weighted by atomic mass is 32.2. The van der Waals surface area contributed by atoms with Crippen LogP contribution >= 0.6 is 11.8 Å². The lowest BCUT2D eigenvalue weighted by Gasteiger charge is -2.16. The minimum absolute atomic E-state index is 0.00715. The molecular weight excluding hydrogens is 503 g/mol. The molecule has 0 amide bonds. The number of anilines is 1. The fourth-order valence-electron chi connectivity index (χ4n) is 4.21. The maximum atomic E-state index is 13.1. The lowest BCUT2D eigenvalue weighted by molar-refractivity contribution is -0.137. The van der Waals surface area contributed by atoms with Gasteiger partial charge < -0.3 is 5.32 Å². The Morgan fingerprint density at radius 2 is 1.61 bits per heavy atom. The molecule has 7 heteroatoms. The average Bonchev–Trinajstić information content (AvgIpc) is 2.90. The first kappa shape index (κ1) is 31.4. The minimum atomic E-state index is -4.38. The van der Waals surface area contributed by atoms with Crippen molar-refractivity contribution in [2.75, 3.05) is 11.6 Å². The van der Waals surface area contributed by atoms with Crippen molar-refractivity contribution in [2.24, 2.45) is 5.92 Å². The molecule has 0 aliphatic carbocycles. The van der Waals surface area contributed by atoms with Gasteiger partial charge in [-0.2, -0.15) is 13.2 Å². The molecule has 0 spiro atoms. The highest BCUT2D eigenvalue weighted by Gasteiger charge is 2.30. The Morgan fingerprint density at radius 1 is 0.947 bits per heavy atom. The van der Waals surface area contributed by atoms with Crippen LogP contribution in [0.4, 0.5) is 19.1 Å². The summed E-state index contributed by atoms with van der Waals surface area (Å²) in [5, 5.41) is 3.28. The van der Waals surface area contributed by atoms with Gasteiger partial charge in [-0.25, -0.2) is 9.97 Å². The van der Waals surface area contributed by atoms with Crippen LogP contribution in [0.15, 0.2) is 66.9 Å². The van der Waals surface area contributed by atoms with E-state index in [1.807, 2.05) is 50.4 Å². The first-order chi connectivity index (χ1) is 18.1. The summed E-state index contributed by atoms with van der Waals surface area (Å²) in [6, 6.07) is 17.1. The van der Waals surface area contributed by atoms with Crippen molar-refractivity contribution in [1.29, 1.82) is 0 Å². The van der Waals surface area contributed by atoms with E-state index in [9.17, 15) is 13.2 Å². The van der Waals surface area contributed by atoms with Crippen molar-refractivity contribution in [3.05, 3.63) is 89.2 Å². The van der Waals surface area contributed by atoms with Gasteiger partial charge in [0.2, 0.25) is 5.95 Å². The number of benzene rings is 2. The molecule has 0 radical (unpaired) electrons. The highest BCUT2D eigenvalue weighted by Crippen LogP contribution is 2.36. The number of hydrogen-bond donors (Lipinski definition) is 1. The van der Waals surface area contributed by atoms with Gasteiger partial charge in [0.1, 0.15) is 0 Å². The summed E-state index contributed by atoms with van der Waals surface area (Å²) >= 11 is 1.44. The molecule has 0 aliphatic heterocycles. The maximum Gasteiger partial charge on any atom is 0.416 e. The summed E-state index contributed by atoms with van der Waals surface area (Å²) in [7, 11) is 0. The van der Waals surface area contributed by atoms with Gasteiger partial charge in [-0.3, -0.25) is 0 Å². The van der Waals surface area contributed by atoms with Crippen LogP contribution in [0.25, 0.3) is 10.5 Å². The second-order valence-corrected chi connectivity index (χ2v) is 10.3. The van der Waals surface area contributed by atoms with Gasteiger partial charge in [-0.05, 0) is 60.9 Å². The third-order valence-electron chi connectivity index (χ3n) is 6.26. The van der Waals surface area contributed by atoms with E-state index in [1.165, 1.54) is 49.6 Å². The van der Waals surface area contributed by atoms with Gasteiger partial charge in [-0.15, -0.1) is 11.8 Å². The topological polar surface area (TPSA) is 37.8 Å². The summed E-state index contributed by atoms with van der Waals surface area (Å²) in [4.78, 5) is 9.70. The van der Waals surface area contributed by atoms with E-state index in [-0.39, 0.29) is 6.04 Å². The lowest BCUT2D eigenvalue weighted by Crippen LogP contribution is -2.10. The Kier molecular flexibility index (Phi) is 12.9. The number of hydrogen-bond acceptors (Lipinski definition) is 4. The average molecular weight is 544 g/mol. The summed E-state index contributed by atoms with van der Waals surface area (Å²) in [6.45, 7) is 10.7. The largest absolute Gasteiger partial charge is 0.416 e. The van der Waals surface area contributed by atoms with Crippen LogP contribution in [0.2, 0.25) is 0 Å². The molecule has 2 aromatic carbocycles. The molecule has 1 N–H and O–H groups in total. The van der Waals surface area contributed by atoms with E-state index in [4.69, 9.17) is 0 Å². The van der Waals surface area contributed by atoms with Crippen LogP contribution in [0.5, 0.6) is 0 Å². The predicted octanol–water partition coefficient (Wildman–Crippen LogP) is 10.1. The van der Waals surface area contributed by atoms with E-state index >= 15 is 0 Å². The Hall–Kier alpha value is -2.80. The number of thioether (sulfide) groups is 1. The summed E-state index contributed by atoms with van der Waals surface area (Å²) in [5.74, 6) is 1.43. The quantitative estimate of drug-likeness (QED) is 0.276. The van der Waals surface area contributed by atoms with E-state index in [2.05, 4.69) is 36.1 Å². The molecule has 38 heavy (non-hydrogen) atoms. The van der Waals surface area contributed by atoms with Gasteiger partial charge in [0, 0.05) is 11.1 Å². The second kappa shape index (κ2) is 15.6. The fourth-order valence-corrected chi connectivity index (χ4v) is 4.96. The van der Waals surface area contributed by atoms with Crippen LogP contribution in [0.3, 0.4) is 0 Å². The van der Waals surface area contributed by atoms with Crippen LogP contribution in [-0.2, 0) is 6.18 Å². The molecule has 206 valence electrons. The van der Waals surface area contributed by atoms with E-state index < -0.39 is 11.7 Å². The predicted molar refractivity (Wildman–Crippen MR) is 157 cm³/mol. The number of allylic oxidation sites excluding steroid dienone is 1. The maximum absolute atomic E-state index is 13.1. The summed E-state index contributed by atoms with van der Waals surface area (Å²) in [6.07, 6.45) is 4.67. The first-order valence-electron chi connectivity index (χ1n) is 13.2. The van der Waals surface area contributed by atoms with Gasteiger partial charge in [0.05, 0.1) is 17.3 Å². The van der Waals surface area contributed by atoms with Crippen molar-refractivity contribution in [3.63, 3.8) is 0 Å². The molecule has 1 unspecified atom stereocenters. The summed E-state index contributed by atoms with van der Waals surface area (Å²) in [5.41, 5.74) is 2.35. The van der Waals surface area contributed by atoms with Crippen molar-refractivity contribution < 1.29 is 13.2 Å². The van der Waals surface area contributed by atoms with Crippen LogP contribution in [-0.4, -0.2) is 16.2 Å². The standard InChI is InChI=1S/C23H22F3N3S.C8H18/c1-15(18-10-7-11-19(14-18)23(24,25)26)21(30-3)20-12-13-27-22(29-20)28-16(2)17-8-5-4-6-9-17;1-4-6-8(3)7-5-2/h4-14,16H,1-3H3,(H,27,28,29);8H,4-7H2,1-3H3/b21-15+;. The minimum Gasteiger partial charge on any atom is -0.348 e. The molecule has 3 nitrogen and oxygen atoms in total. The molecular formula is C31H40F3N3S. The smallest absolute Gasteiger partial charge is 0.348 e. The second-order valence-electron chi connectivity index (χ2n) is 9.46. The number of rotatable bonds is 10. The zero-order valence-electron chi connectivity index (χ0n) is 23.3. The van der Waals surface area contributed by atoms with Crippen LogP contribution in [0.1, 0.15) is 88.7 Å². The number of aromatic nitrogens is 2. The molecule has 0 bridgehead atoms. The lowest BCUT2D eigenvalue weighted by atomic mass is 10.0. The molecule has 1 heterocycles. The third-order valence-corrected chi connectivity index (χ3v) is 7.19. The highest BCUT2D eigenvalue weighted by molar-refractivity contribution is 8.07. The Labute approximate surface area is 230 Å². The zero-order valence-corrected chi connectivity index (χ0v) is 24.1. The van der Waals surface area contributed by atoms with Crippen LogP contribution < -0.4 is 5.32 Å². The monoisotopic (exact) mass is 543 g/mol. The SMILES string of the molecule is CCCC(C)CCC.CS/C(=C(\C)c1cccc(C(F)(F)F)c1)c1ccnc(NC(C)c2ccccc2)n1. The molecule has 0 saturated carbocycles. The van der Waals surface area contributed by atoms with E-state index in [0.29, 0.717) is 17.2 Å². The van der Waals surface area contributed by atoms with E-state index in [1.54, 1.807) is 18.3 Å². The number of nitrogens with one attached hydrogen (secondary N) is 1. The fraction of sp³-hybridized carbons (Fsp3) is 0.419. The number of halogens is 3. The Balaban J connectivity index is 0.000000550. The van der Waals surface area contributed by atoms with Gasteiger partial charge >= 0.3 is 6.18 Å². The molecule has 0 aliphatic rings. The van der Waals surface area contributed by atoms with Gasteiger partial charge in [-0.1, -0.05) is 88.9 Å². The molecule has 0 fully saturated rings. The molecule has 3 rings (SSSR count). The third kappa shape index (κ3) is 9.82. The molecule has 0 saturated heterocycles.